The maximum Gasteiger partial charge on any atom is 0.134 e. The fourth-order valence-corrected chi connectivity index (χ4v) is 10.9. The second-order valence-electron chi connectivity index (χ2n) is 16.7. The summed E-state index contributed by atoms with van der Waals surface area (Å²) in [6, 6.07) is 64.9. The van der Waals surface area contributed by atoms with E-state index in [4.69, 9.17) is 4.74 Å². The SMILES string of the molecule is CC1(C)C2=C(CCC=C2)c2ccc(N(c3ccc4c(c3)Oc3ccccc3C43c4ccccc4-c4ccccc43)c3ccc4ccccc4c3-c3ccccc3)cc21. The maximum absolute atomic E-state index is 7.07. The molecule has 0 saturated carbocycles. The predicted octanol–water partition coefficient (Wildman–Crippen LogP) is 14.8. The van der Waals surface area contributed by atoms with Crippen LogP contribution in [0.5, 0.6) is 11.5 Å². The molecule has 0 saturated heterocycles. The van der Waals surface area contributed by atoms with E-state index in [-0.39, 0.29) is 5.41 Å². The lowest BCUT2D eigenvalue weighted by atomic mass is 9.66. The van der Waals surface area contributed by atoms with E-state index in [0.717, 1.165) is 47.0 Å². The lowest BCUT2D eigenvalue weighted by Gasteiger charge is -2.40. The van der Waals surface area contributed by atoms with Crippen LogP contribution in [0.3, 0.4) is 0 Å². The van der Waals surface area contributed by atoms with Gasteiger partial charge in [0.05, 0.1) is 11.1 Å². The number of allylic oxidation sites excluding steroid dienone is 4. The fourth-order valence-electron chi connectivity index (χ4n) is 10.9. The number of hydrogen-bond donors (Lipinski definition) is 0. The van der Waals surface area contributed by atoms with Crippen molar-refractivity contribution in [3.8, 4) is 33.8 Å². The van der Waals surface area contributed by atoms with Crippen molar-refractivity contribution in [3.63, 3.8) is 0 Å². The third kappa shape index (κ3) is 4.49. The number of anilines is 3. The highest BCUT2D eigenvalue weighted by Gasteiger charge is 2.51. The fraction of sp³-hybridized carbons (Fsp3) is 0.107. The van der Waals surface area contributed by atoms with Crippen molar-refractivity contribution >= 4 is 33.4 Å². The first-order chi connectivity index (χ1) is 28.5. The summed E-state index contributed by atoms with van der Waals surface area (Å²) in [5, 5.41) is 2.44. The summed E-state index contributed by atoms with van der Waals surface area (Å²) in [6.45, 7) is 4.79. The van der Waals surface area contributed by atoms with E-state index in [1.165, 1.54) is 72.0 Å². The van der Waals surface area contributed by atoms with Crippen LogP contribution in [0.2, 0.25) is 0 Å². The first kappa shape index (κ1) is 33.3. The van der Waals surface area contributed by atoms with Gasteiger partial charge in [-0.15, -0.1) is 0 Å². The lowest BCUT2D eigenvalue weighted by molar-refractivity contribution is 0.436. The van der Waals surface area contributed by atoms with Gasteiger partial charge in [0.15, 0.2) is 0 Å². The summed E-state index contributed by atoms with van der Waals surface area (Å²) in [6.07, 6.45) is 6.90. The smallest absolute Gasteiger partial charge is 0.134 e. The van der Waals surface area contributed by atoms with Crippen molar-refractivity contribution in [2.24, 2.45) is 0 Å². The summed E-state index contributed by atoms with van der Waals surface area (Å²) < 4.78 is 7.07. The minimum atomic E-state index is -0.519. The highest BCUT2D eigenvalue weighted by Crippen LogP contribution is 2.63. The van der Waals surface area contributed by atoms with Gasteiger partial charge in [-0.05, 0) is 104 Å². The molecule has 8 aromatic rings. The minimum absolute atomic E-state index is 0.104. The summed E-state index contributed by atoms with van der Waals surface area (Å²) in [5.41, 5.74) is 18.3. The molecule has 4 aliphatic rings. The molecule has 8 aromatic carbocycles. The molecule has 1 spiro atoms. The van der Waals surface area contributed by atoms with Gasteiger partial charge in [0.2, 0.25) is 0 Å². The number of benzene rings is 8. The molecule has 0 unspecified atom stereocenters. The summed E-state index contributed by atoms with van der Waals surface area (Å²) >= 11 is 0. The molecule has 58 heavy (non-hydrogen) atoms. The van der Waals surface area contributed by atoms with Crippen LogP contribution in [0.25, 0.3) is 38.6 Å². The molecular formula is C56H41NO. The van der Waals surface area contributed by atoms with Gasteiger partial charge < -0.3 is 9.64 Å². The molecule has 0 N–H and O–H groups in total. The van der Waals surface area contributed by atoms with Gasteiger partial charge in [-0.25, -0.2) is 0 Å². The Bertz CT molecular complexity index is 3030. The van der Waals surface area contributed by atoms with Gasteiger partial charge >= 0.3 is 0 Å². The van der Waals surface area contributed by atoms with Crippen LogP contribution in [0.15, 0.2) is 194 Å². The largest absolute Gasteiger partial charge is 0.457 e. The van der Waals surface area contributed by atoms with Crippen molar-refractivity contribution < 1.29 is 4.74 Å². The van der Waals surface area contributed by atoms with Crippen LogP contribution in [0.1, 0.15) is 60.1 Å². The Kier molecular flexibility index (Phi) is 7.05. The van der Waals surface area contributed by atoms with Crippen molar-refractivity contribution in [3.05, 3.63) is 227 Å². The van der Waals surface area contributed by atoms with E-state index in [9.17, 15) is 0 Å². The maximum atomic E-state index is 7.07. The second-order valence-corrected chi connectivity index (χ2v) is 16.7. The predicted molar refractivity (Wildman–Crippen MR) is 240 cm³/mol. The quantitative estimate of drug-likeness (QED) is 0.178. The Hall–Kier alpha value is -6.90. The van der Waals surface area contributed by atoms with Gasteiger partial charge in [-0.2, -0.15) is 0 Å². The molecule has 0 radical (unpaired) electrons. The van der Waals surface area contributed by atoms with E-state index < -0.39 is 5.41 Å². The standard InChI is InChI=1S/C56H41NO/c1-55(2)45-23-11-8-20-41(45)44-31-29-38(34-50(44)55)57(51-33-28-36-16-6-7-19-40(36)54(51)37-17-4-3-5-18-37)39-30-32-49-53(35-39)58-52-27-15-14-26-48(52)56(49)46-24-12-9-21-42(46)43-22-10-13-25-47(43)56/h3-7,9-19,21-35H,8,20H2,1-2H3. The van der Waals surface area contributed by atoms with Crippen molar-refractivity contribution in [2.45, 2.75) is 37.5 Å². The molecule has 0 aromatic heterocycles. The molecule has 0 fully saturated rings. The van der Waals surface area contributed by atoms with Crippen LogP contribution in [-0.2, 0) is 10.8 Å². The Labute approximate surface area is 340 Å². The topological polar surface area (TPSA) is 12.5 Å². The number of rotatable bonds is 4. The van der Waals surface area contributed by atoms with Gasteiger partial charge in [0.25, 0.3) is 0 Å². The first-order valence-corrected chi connectivity index (χ1v) is 20.6. The molecule has 3 aliphatic carbocycles. The van der Waals surface area contributed by atoms with Gasteiger partial charge in [0.1, 0.15) is 11.5 Å². The Morgan fingerprint density at radius 2 is 1.17 bits per heavy atom. The molecule has 1 heterocycles. The number of para-hydroxylation sites is 1. The van der Waals surface area contributed by atoms with Crippen molar-refractivity contribution in [1.29, 1.82) is 0 Å². The first-order valence-electron chi connectivity index (χ1n) is 20.6. The van der Waals surface area contributed by atoms with Crippen LogP contribution < -0.4 is 9.64 Å². The summed E-state index contributed by atoms with van der Waals surface area (Å²) in [5.74, 6) is 1.77. The Morgan fingerprint density at radius 3 is 1.98 bits per heavy atom. The van der Waals surface area contributed by atoms with E-state index in [0.29, 0.717) is 0 Å². The number of fused-ring (bicyclic) bond motifs is 12. The molecule has 0 amide bonds. The van der Waals surface area contributed by atoms with Crippen LogP contribution >= 0.6 is 0 Å². The number of ether oxygens (including phenoxy) is 1. The monoisotopic (exact) mass is 743 g/mol. The third-order valence-electron chi connectivity index (χ3n) is 13.4. The normalized spacial score (nSPS) is 15.9. The average Bonchev–Trinajstić information content (AvgIpc) is 3.69. The van der Waals surface area contributed by atoms with E-state index in [1.54, 1.807) is 0 Å². The van der Waals surface area contributed by atoms with E-state index in [1.807, 2.05) is 0 Å². The molecule has 2 nitrogen and oxygen atoms in total. The second kappa shape index (κ2) is 12.3. The molecular weight excluding hydrogens is 703 g/mol. The number of hydrogen-bond acceptors (Lipinski definition) is 2. The molecule has 0 atom stereocenters. The van der Waals surface area contributed by atoms with Crippen LogP contribution in [0.4, 0.5) is 17.1 Å². The average molecular weight is 744 g/mol. The van der Waals surface area contributed by atoms with Crippen LogP contribution in [-0.4, -0.2) is 0 Å². The van der Waals surface area contributed by atoms with Gasteiger partial charge in [-0.3, -0.25) is 0 Å². The zero-order valence-electron chi connectivity index (χ0n) is 32.7. The molecule has 0 bridgehead atoms. The highest BCUT2D eigenvalue weighted by molar-refractivity contribution is 6.05. The van der Waals surface area contributed by atoms with E-state index in [2.05, 4.69) is 207 Å². The van der Waals surface area contributed by atoms with Crippen molar-refractivity contribution in [2.75, 3.05) is 4.90 Å². The van der Waals surface area contributed by atoms with Crippen molar-refractivity contribution in [1.82, 2.24) is 0 Å². The van der Waals surface area contributed by atoms with Gasteiger partial charge in [0, 0.05) is 39.5 Å². The minimum Gasteiger partial charge on any atom is -0.457 e. The molecule has 12 rings (SSSR count). The van der Waals surface area contributed by atoms with Gasteiger partial charge in [-0.1, -0.05) is 166 Å². The molecule has 276 valence electrons. The highest BCUT2D eigenvalue weighted by atomic mass is 16.5. The lowest BCUT2D eigenvalue weighted by Crippen LogP contribution is -2.32. The van der Waals surface area contributed by atoms with E-state index >= 15 is 0 Å². The number of nitrogens with zero attached hydrogens (tertiary/aromatic N) is 1. The van der Waals surface area contributed by atoms with Crippen LogP contribution in [0, 0.1) is 0 Å². The third-order valence-corrected chi connectivity index (χ3v) is 13.4. The molecule has 2 heteroatoms. The Balaban J connectivity index is 1.13. The zero-order valence-corrected chi connectivity index (χ0v) is 32.7. The zero-order chi connectivity index (χ0) is 38.6. The molecule has 1 aliphatic heterocycles. The summed E-state index contributed by atoms with van der Waals surface area (Å²) in [7, 11) is 0. The summed E-state index contributed by atoms with van der Waals surface area (Å²) in [4.78, 5) is 2.48. The Morgan fingerprint density at radius 1 is 0.517 bits per heavy atom.